The Morgan fingerprint density at radius 3 is 2.44 bits per heavy atom. The van der Waals surface area contributed by atoms with E-state index in [1.165, 1.54) is 4.90 Å². The number of carboxylic acids is 1. The fraction of sp³-hybridized carbons (Fsp3) is 0.846. The van der Waals surface area contributed by atoms with Crippen molar-refractivity contribution in [3.8, 4) is 0 Å². The lowest BCUT2D eigenvalue weighted by molar-refractivity contribution is -0.141. The number of hydrogen-bond donors (Lipinski definition) is 1. The zero-order valence-electron chi connectivity index (χ0n) is 11.7. The second kappa shape index (κ2) is 6.07. The molecule has 0 bridgehead atoms. The SMILES string of the molecule is CC(CN(C)C(=O)N1CCC(C(C)C)C1)C(=O)O. The van der Waals surface area contributed by atoms with Gasteiger partial charge in [0, 0.05) is 26.7 Å². The van der Waals surface area contributed by atoms with Gasteiger partial charge < -0.3 is 14.9 Å². The zero-order valence-corrected chi connectivity index (χ0v) is 11.7. The summed E-state index contributed by atoms with van der Waals surface area (Å²) in [6.45, 7) is 7.81. The maximum absolute atomic E-state index is 12.1. The zero-order chi connectivity index (χ0) is 13.9. The van der Waals surface area contributed by atoms with Crippen molar-refractivity contribution in [3.63, 3.8) is 0 Å². The third-order valence-corrected chi connectivity index (χ3v) is 3.73. The molecule has 0 aromatic rings. The lowest BCUT2D eigenvalue weighted by Gasteiger charge is -2.26. The molecule has 1 heterocycles. The number of amides is 2. The molecule has 1 saturated heterocycles. The average molecular weight is 256 g/mol. The summed E-state index contributed by atoms with van der Waals surface area (Å²) in [5, 5.41) is 8.84. The van der Waals surface area contributed by atoms with E-state index in [-0.39, 0.29) is 12.6 Å². The Labute approximate surface area is 109 Å². The van der Waals surface area contributed by atoms with Gasteiger partial charge in [-0.25, -0.2) is 4.79 Å². The Balaban J connectivity index is 2.48. The molecule has 1 fully saturated rings. The van der Waals surface area contributed by atoms with Crippen molar-refractivity contribution in [2.45, 2.75) is 27.2 Å². The minimum Gasteiger partial charge on any atom is -0.481 e. The van der Waals surface area contributed by atoms with Crippen LogP contribution in [0.2, 0.25) is 0 Å². The average Bonchev–Trinajstić information content (AvgIpc) is 2.76. The third-order valence-electron chi connectivity index (χ3n) is 3.73. The Hall–Kier alpha value is -1.26. The largest absolute Gasteiger partial charge is 0.481 e. The van der Waals surface area contributed by atoms with Crippen molar-refractivity contribution >= 4 is 12.0 Å². The summed E-state index contributed by atoms with van der Waals surface area (Å²) in [6.07, 6.45) is 1.05. The molecule has 1 aliphatic heterocycles. The number of nitrogens with zero attached hydrogens (tertiary/aromatic N) is 2. The highest BCUT2D eigenvalue weighted by atomic mass is 16.4. The summed E-state index contributed by atoms with van der Waals surface area (Å²) in [7, 11) is 1.67. The van der Waals surface area contributed by atoms with Crippen LogP contribution < -0.4 is 0 Å². The van der Waals surface area contributed by atoms with Crippen LogP contribution >= 0.6 is 0 Å². The van der Waals surface area contributed by atoms with Crippen LogP contribution in [-0.4, -0.2) is 53.6 Å². The van der Waals surface area contributed by atoms with Crippen molar-refractivity contribution in [1.29, 1.82) is 0 Å². The quantitative estimate of drug-likeness (QED) is 0.833. The van der Waals surface area contributed by atoms with Crippen LogP contribution in [0.1, 0.15) is 27.2 Å². The van der Waals surface area contributed by atoms with Gasteiger partial charge in [0.1, 0.15) is 0 Å². The van der Waals surface area contributed by atoms with Crippen LogP contribution in [0, 0.1) is 17.8 Å². The van der Waals surface area contributed by atoms with Crippen molar-refractivity contribution in [2.24, 2.45) is 17.8 Å². The molecule has 2 atom stereocenters. The number of carbonyl (C=O) groups excluding carboxylic acids is 1. The van der Waals surface area contributed by atoms with Crippen LogP contribution in [0.4, 0.5) is 4.79 Å². The summed E-state index contributed by atoms with van der Waals surface area (Å²) in [5.41, 5.74) is 0. The van der Waals surface area contributed by atoms with Crippen LogP contribution in [0.15, 0.2) is 0 Å². The third kappa shape index (κ3) is 3.62. The molecule has 5 heteroatoms. The minimum atomic E-state index is -0.865. The van der Waals surface area contributed by atoms with Gasteiger partial charge >= 0.3 is 12.0 Å². The Kier molecular flexibility index (Phi) is 4.99. The number of carboxylic acid groups (broad SMARTS) is 1. The first-order valence-corrected chi connectivity index (χ1v) is 6.55. The molecule has 0 aromatic heterocycles. The minimum absolute atomic E-state index is 0.0498. The van der Waals surface area contributed by atoms with E-state index in [0.717, 1.165) is 19.5 Å². The summed E-state index contributed by atoms with van der Waals surface area (Å²) < 4.78 is 0. The van der Waals surface area contributed by atoms with Crippen molar-refractivity contribution in [2.75, 3.05) is 26.7 Å². The van der Waals surface area contributed by atoms with E-state index in [1.807, 2.05) is 4.90 Å². The molecule has 1 rings (SSSR count). The van der Waals surface area contributed by atoms with Crippen LogP contribution in [0.5, 0.6) is 0 Å². The first kappa shape index (κ1) is 14.8. The molecule has 2 amide bonds. The standard InChI is InChI=1S/C13H24N2O3/c1-9(2)11-5-6-15(8-11)13(18)14(4)7-10(3)12(16)17/h9-11H,5-8H2,1-4H3,(H,16,17). The van der Waals surface area contributed by atoms with Gasteiger partial charge in [-0.15, -0.1) is 0 Å². The van der Waals surface area contributed by atoms with Gasteiger partial charge in [0.25, 0.3) is 0 Å². The number of likely N-dealkylation sites (tertiary alicyclic amines) is 1. The van der Waals surface area contributed by atoms with Gasteiger partial charge in [-0.3, -0.25) is 4.79 Å². The number of carbonyl (C=O) groups is 2. The van der Waals surface area contributed by atoms with E-state index in [1.54, 1.807) is 14.0 Å². The van der Waals surface area contributed by atoms with Gasteiger partial charge in [-0.2, -0.15) is 0 Å². The first-order valence-electron chi connectivity index (χ1n) is 6.55. The summed E-state index contributed by atoms with van der Waals surface area (Å²) in [4.78, 5) is 26.2. The maximum atomic E-state index is 12.1. The molecule has 0 spiro atoms. The number of urea groups is 1. The molecule has 18 heavy (non-hydrogen) atoms. The lowest BCUT2D eigenvalue weighted by Crippen LogP contribution is -2.42. The van der Waals surface area contributed by atoms with Crippen molar-refractivity contribution in [1.82, 2.24) is 9.80 Å². The monoisotopic (exact) mass is 256 g/mol. The highest BCUT2D eigenvalue weighted by Gasteiger charge is 2.30. The molecule has 1 N–H and O–H groups in total. The van der Waals surface area contributed by atoms with Gasteiger partial charge in [0.2, 0.25) is 0 Å². The first-order chi connectivity index (χ1) is 8.32. The molecule has 0 saturated carbocycles. The Bertz CT molecular complexity index is 317. The topological polar surface area (TPSA) is 60.9 Å². The fourth-order valence-electron chi connectivity index (χ4n) is 2.31. The van der Waals surface area contributed by atoms with Crippen LogP contribution in [0.3, 0.4) is 0 Å². The summed E-state index contributed by atoms with van der Waals surface area (Å²) in [5.74, 6) is -0.233. The van der Waals surface area contributed by atoms with Crippen molar-refractivity contribution < 1.29 is 14.7 Å². The number of rotatable bonds is 4. The van der Waals surface area contributed by atoms with E-state index in [2.05, 4.69) is 13.8 Å². The molecule has 0 aromatic carbocycles. The van der Waals surface area contributed by atoms with E-state index >= 15 is 0 Å². The smallest absolute Gasteiger partial charge is 0.319 e. The van der Waals surface area contributed by atoms with Gasteiger partial charge in [0.05, 0.1) is 5.92 Å². The van der Waals surface area contributed by atoms with E-state index in [0.29, 0.717) is 11.8 Å². The Morgan fingerprint density at radius 1 is 1.39 bits per heavy atom. The molecule has 0 aliphatic carbocycles. The highest BCUT2D eigenvalue weighted by molar-refractivity contribution is 5.76. The van der Waals surface area contributed by atoms with Gasteiger partial charge in [-0.05, 0) is 18.3 Å². The van der Waals surface area contributed by atoms with Gasteiger partial charge in [-0.1, -0.05) is 20.8 Å². The normalized spacial score (nSPS) is 21.2. The molecular weight excluding hydrogens is 232 g/mol. The second-order valence-electron chi connectivity index (χ2n) is 5.64. The van der Waals surface area contributed by atoms with E-state index in [4.69, 9.17) is 5.11 Å². The van der Waals surface area contributed by atoms with Crippen molar-refractivity contribution in [3.05, 3.63) is 0 Å². The number of hydrogen-bond acceptors (Lipinski definition) is 2. The Morgan fingerprint density at radius 2 is 2.00 bits per heavy atom. The lowest BCUT2D eigenvalue weighted by atomic mass is 9.95. The van der Waals surface area contributed by atoms with E-state index in [9.17, 15) is 9.59 Å². The predicted octanol–water partition coefficient (Wildman–Crippen LogP) is 1.74. The van der Waals surface area contributed by atoms with E-state index < -0.39 is 11.9 Å². The molecular formula is C13H24N2O3. The fourth-order valence-corrected chi connectivity index (χ4v) is 2.31. The van der Waals surface area contributed by atoms with Crippen LogP contribution in [0.25, 0.3) is 0 Å². The number of aliphatic carboxylic acids is 1. The molecule has 104 valence electrons. The summed E-state index contributed by atoms with van der Waals surface area (Å²) >= 11 is 0. The molecule has 5 nitrogen and oxygen atoms in total. The molecule has 2 unspecified atom stereocenters. The molecule has 1 aliphatic rings. The molecule has 0 radical (unpaired) electrons. The van der Waals surface area contributed by atoms with Gasteiger partial charge in [0.15, 0.2) is 0 Å². The highest BCUT2D eigenvalue weighted by Crippen LogP contribution is 2.24. The van der Waals surface area contributed by atoms with Crippen LogP contribution in [-0.2, 0) is 4.79 Å². The maximum Gasteiger partial charge on any atom is 0.319 e. The predicted molar refractivity (Wildman–Crippen MR) is 69.3 cm³/mol. The second-order valence-corrected chi connectivity index (χ2v) is 5.64. The summed E-state index contributed by atoms with van der Waals surface area (Å²) in [6, 6.07) is -0.0498.